The third-order valence-electron chi connectivity index (χ3n) is 2.15. The molecule has 2 N–H and O–H groups in total. The Hall–Kier alpha value is -0.790. The highest BCUT2D eigenvalue weighted by Gasteiger charge is 2.09. The number of hydrogen-bond donors (Lipinski definition) is 1. The summed E-state index contributed by atoms with van der Waals surface area (Å²) >= 11 is 8.27. The van der Waals surface area contributed by atoms with Crippen LogP contribution in [0.5, 0.6) is 11.5 Å². The minimum atomic E-state index is 0.437. The minimum Gasteiger partial charge on any atom is -0.496 e. The molecule has 0 aliphatic carbocycles. The summed E-state index contributed by atoms with van der Waals surface area (Å²) in [4.78, 5) is 4.95. The summed E-state index contributed by atoms with van der Waals surface area (Å²) in [7, 11) is 1.62. The normalized spacial score (nSPS) is 10.4. The number of methoxy groups -OCH3 is 1. The summed E-state index contributed by atoms with van der Waals surface area (Å²) in [5, 5.41) is 0.545. The highest BCUT2D eigenvalue weighted by molar-refractivity contribution is 9.11. The lowest BCUT2D eigenvalue weighted by Gasteiger charge is -2.10. The van der Waals surface area contributed by atoms with Gasteiger partial charge in [0.2, 0.25) is 0 Å². The van der Waals surface area contributed by atoms with Crippen LogP contribution < -0.4 is 15.2 Å². The second-order valence-electron chi connectivity index (χ2n) is 3.37. The fraction of sp³-hybridized carbons (Fsp3) is 0.182. The molecule has 2 rings (SSSR count). The van der Waals surface area contributed by atoms with Crippen molar-refractivity contribution in [2.45, 2.75) is 6.61 Å². The van der Waals surface area contributed by atoms with Crippen molar-refractivity contribution in [3.63, 3.8) is 0 Å². The Labute approximate surface area is 125 Å². The average Bonchev–Trinajstić information content (AvgIpc) is 2.75. The van der Waals surface area contributed by atoms with Crippen molar-refractivity contribution in [3.05, 3.63) is 32.2 Å². The minimum absolute atomic E-state index is 0.437. The van der Waals surface area contributed by atoms with Crippen LogP contribution in [-0.2, 0) is 6.61 Å². The van der Waals surface area contributed by atoms with E-state index in [9.17, 15) is 0 Å². The molecule has 0 radical (unpaired) electrons. The van der Waals surface area contributed by atoms with E-state index in [0.29, 0.717) is 11.7 Å². The molecule has 7 heteroatoms. The van der Waals surface area contributed by atoms with E-state index < -0.39 is 0 Å². The van der Waals surface area contributed by atoms with Gasteiger partial charge in [0.1, 0.15) is 18.1 Å². The first kappa shape index (κ1) is 13.6. The van der Waals surface area contributed by atoms with E-state index in [1.54, 1.807) is 13.3 Å². The predicted octanol–water partition coefficient (Wildman–Crippen LogP) is 3.84. The van der Waals surface area contributed by atoms with Crippen LogP contribution in [0.3, 0.4) is 0 Å². The van der Waals surface area contributed by atoms with Crippen LogP contribution in [0.4, 0.5) is 5.13 Å². The van der Waals surface area contributed by atoms with Gasteiger partial charge < -0.3 is 15.2 Å². The number of anilines is 1. The van der Waals surface area contributed by atoms with Crippen molar-refractivity contribution in [3.8, 4) is 11.5 Å². The Morgan fingerprint density at radius 3 is 2.56 bits per heavy atom. The van der Waals surface area contributed by atoms with Crippen molar-refractivity contribution in [1.29, 1.82) is 0 Å². The molecule has 1 aromatic carbocycles. The monoisotopic (exact) mass is 392 g/mol. The molecule has 1 heterocycles. The van der Waals surface area contributed by atoms with E-state index in [2.05, 4.69) is 36.8 Å². The van der Waals surface area contributed by atoms with Gasteiger partial charge in [0.05, 0.1) is 20.9 Å². The van der Waals surface area contributed by atoms with E-state index >= 15 is 0 Å². The van der Waals surface area contributed by atoms with Crippen LogP contribution >= 0.6 is 43.2 Å². The lowest BCUT2D eigenvalue weighted by atomic mass is 10.3. The van der Waals surface area contributed by atoms with Gasteiger partial charge in [-0.2, -0.15) is 0 Å². The Balaban J connectivity index is 2.12. The summed E-state index contributed by atoms with van der Waals surface area (Å²) in [6.07, 6.45) is 1.71. The maximum Gasteiger partial charge on any atom is 0.180 e. The number of nitrogen functional groups attached to an aromatic ring is 1. The fourth-order valence-electron chi connectivity index (χ4n) is 1.32. The van der Waals surface area contributed by atoms with Gasteiger partial charge in [0.15, 0.2) is 5.13 Å². The van der Waals surface area contributed by atoms with Crippen molar-refractivity contribution in [2.24, 2.45) is 0 Å². The lowest BCUT2D eigenvalue weighted by molar-refractivity contribution is 0.306. The summed E-state index contributed by atoms with van der Waals surface area (Å²) in [5.41, 5.74) is 5.56. The van der Waals surface area contributed by atoms with Crippen LogP contribution in [0.25, 0.3) is 0 Å². The van der Waals surface area contributed by atoms with Crippen molar-refractivity contribution in [2.75, 3.05) is 12.8 Å². The molecule has 0 atom stereocenters. The lowest BCUT2D eigenvalue weighted by Crippen LogP contribution is -1.95. The third kappa shape index (κ3) is 3.15. The van der Waals surface area contributed by atoms with Crippen LogP contribution in [0.15, 0.2) is 27.3 Å². The standard InChI is InChI=1S/C11H10Br2N2O2S/c1-16-9-2-8(13)10(3-7(9)12)17-5-6-4-15-11(14)18-6/h2-4H,5H2,1H3,(H2,14,15). The number of aromatic nitrogens is 1. The number of rotatable bonds is 4. The second-order valence-corrected chi connectivity index (χ2v) is 6.23. The van der Waals surface area contributed by atoms with Gasteiger partial charge in [0, 0.05) is 6.20 Å². The largest absolute Gasteiger partial charge is 0.496 e. The summed E-state index contributed by atoms with van der Waals surface area (Å²) in [5.74, 6) is 1.48. The first-order chi connectivity index (χ1) is 8.60. The molecule has 0 amide bonds. The molecule has 0 spiro atoms. The number of thiazole rings is 1. The van der Waals surface area contributed by atoms with Crippen LogP contribution in [0, 0.1) is 0 Å². The van der Waals surface area contributed by atoms with Gasteiger partial charge in [-0.25, -0.2) is 4.98 Å². The van der Waals surface area contributed by atoms with E-state index in [1.807, 2.05) is 12.1 Å². The SMILES string of the molecule is COc1cc(Br)c(OCc2cnc(N)s2)cc1Br. The number of halogens is 2. The molecule has 0 unspecified atom stereocenters. The number of nitrogens with zero attached hydrogens (tertiary/aromatic N) is 1. The van der Waals surface area contributed by atoms with Crippen molar-refractivity contribution >= 4 is 48.3 Å². The molecule has 0 bridgehead atoms. The first-order valence-electron chi connectivity index (χ1n) is 4.96. The summed E-state index contributed by atoms with van der Waals surface area (Å²) in [6, 6.07) is 3.70. The first-order valence-corrected chi connectivity index (χ1v) is 7.36. The number of benzene rings is 1. The number of ether oxygens (including phenoxy) is 2. The van der Waals surface area contributed by atoms with E-state index in [1.165, 1.54) is 11.3 Å². The quantitative estimate of drug-likeness (QED) is 0.857. The zero-order valence-electron chi connectivity index (χ0n) is 9.44. The molecule has 2 aromatic rings. The maximum atomic E-state index is 5.70. The molecule has 1 aromatic heterocycles. The molecule has 0 saturated carbocycles. The zero-order chi connectivity index (χ0) is 13.1. The van der Waals surface area contributed by atoms with Gasteiger partial charge in [-0.3, -0.25) is 0 Å². The molecule has 4 nitrogen and oxygen atoms in total. The van der Waals surface area contributed by atoms with Gasteiger partial charge >= 0.3 is 0 Å². The molecular formula is C11H10Br2N2O2S. The Morgan fingerprint density at radius 1 is 1.28 bits per heavy atom. The van der Waals surface area contributed by atoms with Crippen molar-refractivity contribution in [1.82, 2.24) is 4.98 Å². The maximum absolute atomic E-state index is 5.70. The van der Waals surface area contributed by atoms with Gasteiger partial charge in [-0.15, -0.1) is 0 Å². The molecule has 96 valence electrons. The highest BCUT2D eigenvalue weighted by Crippen LogP contribution is 2.36. The van der Waals surface area contributed by atoms with Crippen LogP contribution in [0.2, 0.25) is 0 Å². The topological polar surface area (TPSA) is 57.4 Å². The number of nitrogens with two attached hydrogens (primary N) is 1. The van der Waals surface area contributed by atoms with E-state index in [-0.39, 0.29) is 0 Å². The number of hydrogen-bond acceptors (Lipinski definition) is 5. The molecular weight excluding hydrogens is 384 g/mol. The Morgan fingerprint density at radius 2 is 1.94 bits per heavy atom. The predicted molar refractivity (Wildman–Crippen MR) is 79.3 cm³/mol. The van der Waals surface area contributed by atoms with Crippen molar-refractivity contribution < 1.29 is 9.47 Å². The highest BCUT2D eigenvalue weighted by atomic mass is 79.9. The smallest absolute Gasteiger partial charge is 0.180 e. The van der Waals surface area contributed by atoms with Gasteiger partial charge in [-0.05, 0) is 44.0 Å². The van der Waals surface area contributed by atoms with Gasteiger partial charge in [-0.1, -0.05) is 11.3 Å². The summed E-state index contributed by atoms with van der Waals surface area (Å²) < 4.78 is 12.6. The average molecular weight is 394 g/mol. The second kappa shape index (κ2) is 5.90. The van der Waals surface area contributed by atoms with Crippen LogP contribution in [0.1, 0.15) is 4.88 Å². The molecule has 0 aliphatic rings. The van der Waals surface area contributed by atoms with E-state index in [0.717, 1.165) is 25.3 Å². The van der Waals surface area contributed by atoms with E-state index in [4.69, 9.17) is 15.2 Å². The fourth-order valence-corrected chi connectivity index (χ4v) is 2.83. The zero-order valence-corrected chi connectivity index (χ0v) is 13.4. The molecule has 18 heavy (non-hydrogen) atoms. The molecule has 0 fully saturated rings. The van der Waals surface area contributed by atoms with Gasteiger partial charge in [0.25, 0.3) is 0 Å². The molecule has 0 aliphatic heterocycles. The summed E-state index contributed by atoms with van der Waals surface area (Å²) in [6.45, 7) is 0.437. The Kier molecular flexibility index (Phi) is 4.47. The third-order valence-corrected chi connectivity index (χ3v) is 4.19. The van der Waals surface area contributed by atoms with Crippen LogP contribution in [-0.4, -0.2) is 12.1 Å². The molecule has 0 saturated heterocycles. The Bertz CT molecular complexity index is 560.